The summed E-state index contributed by atoms with van der Waals surface area (Å²) < 4.78 is 11.6. The van der Waals surface area contributed by atoms with Gasteiger partial charge in [-0.15, -0.1) is 0 Å². The molecule has 0 aliphatic heterocycles. The second kappa shape index (κ2) is 7.59. The lowest BCUT2D eigenvalue weighted by molar-refractivity contribution is 0.671. The molecular formula is C35H21N3O. The molecule has 5 aromatic carbocycles. The van der Waals surface area contributed by atoms with Gasteiger partial charge < -0.3 is 13.6 Å². The molecule has 0 spiro atoms. The van der Waals surface area contributed by atoms with E-state index < -0.39 is 0 Å². The Labute approximate surface area is 222 Å². The first-order chi connectivity index (χ1) is 19.4. The van der Waals surface area contributed by atoms with E-state index in [4.69, 9.17) is 4.42 Å². The Morgan fingerprint density at radius 1 is 0.462 bits per heavy atom. The SMILES string of the molecule is c1ccc(-n2c3ccccc3c3c4c5ccccc5n(-c5ccncc5)c4c4c5ccccc5oc4c32)cc1. The van der Waals surface area contributed by atoms with E-state index >= 15 is 0 Å². The van der Waals surface area contributed by atoms with Gasteiger partial charge in [0.05, 0.1) is 27.5 Å². The van der Waals surface area contributed by atoms with Crippen LogP contribution in [0.1, 0.15) is 0 Å². The summed E-state index contributed by atoms with van der Waals surface area (Å²) in [5.74, 6) is 0. The van der Waals surface area contributed by atoms with Crippen molar-refractivity contribution in [2.45, 2.75) is 0 Å². The molecule has 39 heavy (non-hydrogen) atoms. The number of furan rings is 1. The predicted molar refractivity (Wildman–Crippen MR) is 160 cm³/mol. The molecule has 9 rings (SSSR count). The number of hydrogen-bond acceptors (Lipinski definition) is 2. The normalized spacial score (nSPS) is 12.1. The predicted octanol–water partition coefficient (Wildman–Crippen LogP) is 9.18. The van der Waals surface area contributed by atoms with E-state index in [-0.39, 0.29) is 0 Å². The lowest BCUT2D eigenvalue weighted by Gasteiger charge is -2.10. The average Bonchev–Trinajstić information content (AvgIpc) is 3.66. The molecule has 0 N–H and O–H groups in total. The van der Waals surface area contributed by atoms with Gasteiger partial charge in [-0.1, -0.05) is 72.8 Å². The molecule has 0 unspecified atom stereocenters. The third-order valence-electron chi connectivity index (χ3n) is 7.98. The minimum atomic E-state index is 0.887. The minimum Gasteiger partial charge on any atom is -0.454 e. The first-order valence-corrected chi connectivity index (χ1v) is 13.2. The van der Waals surface area contributed by atoms with Crippen molar-refractivity contribution >= 4 is 65.6 Å². The van der Waals surface area contributed by atoms with Crippen LogP contribution in [0.3, 0.4) is 0 Å². The highest BCUT2D eigenvalue weighted by Crippen LogP contribution is 2.49. The maximum atomic E-state index is 6.81. The van der Waals surface area contributed by atoms with E-state index in [1.54, 1.807) is 0 Å². The highest BCUT2D eigenvalue weighted by molar-refractivity contribution is 6.39. The van der Waals surface area contributed by atoms with E-state index in [9.17, 15) is 0 Å². The highest BCUT2D eigenvalue weighted by atomic mass is 16.3. The van der Waals surface area contributed by atoms with Gasteiger partial charge in [-0.2, -0.15) is 0 Å². The number of nitrogens with zero attached hydrogens (tertiary/aromatic N) is 3. The molecule has 0 bridgehead atoms. The van der Waals surface area contributed by atoms with Gasteiger partial charge in [-0.25, -0.2) is 0 Å². The number of para-hydroxylation sites is 4. The molecule has 0 aliphatic rings. The zero-order chi connectivity index (χ0) is 25.5. The molecule has 4 heterocycles. The summed E-state index contributed by atoms with van der Waals surface area (Å²) in [4.78, 5) is 4.31. The zero-order valence-corrected chi connectivity index (χ0v) is 20.9. The molecular weight excluding hydrogens is 478 g/mol. The van der Waals surface area contributed by atoms with Gasteiger partial charge in [0.25, 0.3) is 0 Å². The van der Waals surface area contributed by atoms with Crippen molar-refractivity contribution in [2.75, 3.05) is 0 Å². The largest absolute Gasteiger partial charge is 0.454 e. The molecule has 0 fully saturated rings. The third-order valence-corrected chi connectivity index (χ3v) is 7.98. The second-order valence-corrected chi connectivity index (χ2v) is 10.00. The van der Waals surface area contributed by atoms with Crippen LogP contribution in [-0.4, -0.2) is 14.1 Å². The van der Waals surface area contributed by atoms with Crippen molar-refractivity contribution in [3.8, 4) is 11.4 Å². The number of pyridine rings is 1. The fourth-order valence-electron chi connectivity index (χ4n) is 6.49. The van der Waals surface area contributed by atoms with Crippen molar-refractivity contribution < 1.29 is 4.42 Å². The first kappa shape index (κ1) is 20.7. The summed E-state index contributed by atoms with van der Waals surface area (Å²) >= 11 is 0. The van der Waals surface area contributed by atoms with Crippen LogP contribution in [0.4, 0.5) is 0 Å². The highest BCUT2D eigenvalue weighted by Gasteiger charge is 2.27. The molecule has 4 nitrogen and oxygen atoms in total. The zero-order valence-electron chi connectivity index (χ0n) is 20.9. The van der Waals surface area contributed by atoms with Gasteiger partial charge in [-0.3, -0.25) is 4.98 Å². The molecule has 4 aromatic heterocycles. The van der Waals surface area contributed by atoms with Gasteiger partial charge in [0.15, 0.2) is 5.58 Å². The summed E-state index contributed by atoms with van der Waals surface area (Å²) in [5, 5.41) is 7.12. The van der Waals surface area contributed by atoms with Crippen LogP contribution in [0.5, 0.6) is 0 Å². The smallest absolute Gasteiger partial charge is 0.162 e. The Bertz CT molecular complexity index is 2370. The lowest BCUT2D eigenvalue weighted by Crippen LogP contribution is -1.96. The number of benzene rings is 5. The van der Waals surface area contributed by atoms with Crippen LogP contribution in [0, 0.1) is 0 Å². The minimum absolute atomic E-state index is 0.887. The Kier molecular flexibility index (Phi) is 4.02. The summed E-state index contributed by atoms with van der Waals surface area (Å²) in [6, 6.07) is 40.6. The average molecular weight is 500 g/mol. The van der Waals surface area contributed by atoms with Gasteiger partial charge >= 0.3 is 0 Å². The van der Waals surface area contributed by atoms with Gasteiger partial charge in [-0.05, 0) is 42.5 Å². The van der Waals surface area contributed by atoms with Crippen LogP contribution < -0.4 is 0 Å². The number of fused-ring (bicyclic) bond motifs is 12. The van der Waals surface area contributed by atoms with Crippen molar-refractivity contribution in [3.05, 3.63) is 128 Å². The maximum Gasteiger partial charge on any atom is 0.162 e. The monoisotopic (exact) mass is 499 g/mol. The summed E-state index contributed by atoms with van der Waals surface area (Å²) in [6.45, 7) is 0. The van der Waals surface area contributed by atoms with E-state index in [0.717, 1.165) is 55.4 Å². The first-order valence-electron chi connectivity index (χ1n) is 13.2. The molecule has 0 radical (unpaired) electrons. The Morgan fingerprint density at radius 2 is 1.00 bits per heavy atom. The van der Waals surface area contributed by atoms with Crippen molar-refractivity contribution in [2.24, 2.45) is 0 Å². The van der Waals surface area contributed by atoms with Crippen LogP contribution in [0.15, 0.2) is 132 Å². The molecule has 0 saturated carbocycles. The van der Waals surface area contributed by atoms with E-state index in [1.807, 2.05) is 18.5 Å². The van der Waals surface area contributed by atoms with E-state index in [1.165, 1.54) is 21.5 Å². The number of hydrogen-bond donors (Lipinski definition) is 0. The molecule has 0 atom stereocenters. The van der Waals surface area contributed by atoms with Crippen molar-refractivity contribution in [1.82, 2.24) is 14.1 Å². The van der Waals surface area contributed by atoms with Crippen LogP contribution >= 0.6 is 0 Å². The molecule has 4 heteroatoms. The quantitative estimate of drug-likeness (QED) is 0.238. The molecule has 0 saturated heterocycles. The third kappa shape index (κ3) is 2.65. The fourth-order valence-corrected chi connectivity index (χ4v) is 6.49. The fraction of sp³-hybridized carbons (Fsp3) is 0. The second-order valence-electron chi connectivity index (χ2n) is 10.00. The topological polar surface area (TPSA) is 35.9 Å². The van der Waals surface area contributed by atoms with Crippen LogP contribution in [0.2, 0.25) is 0 Å². The summed E-state index contributed by atoms with van der Waals surface area (Å²) in [7, 11) is 0. The molecule has 0 amide bonds. The van der Waals surface area contributed by atoms with Gasteiger partial charge in [0.2, 0.25) is 0 Å². The molecule has 9 aromatic rings. The number of rotatable bonds is 2. The van der Waals surface area contributed by atoms with Crippen LogP contribution in [-0.2, 0) is 0 Å². The Hall–Kier alpha value is -5.35. The molecule has 182 valence electrons. The standard InChI is InChI=1S/C35H21N3O/c1-2-10-22(11-3-1)38-28-16-8-5-13-25(28)31-30-24-12-4-7-15-27(24)37(23-18-20-36-21-19-23)33(30)32-26-14-6-9-17-29(26)39-35(32)34(31)38/h1-21H. The lowest BCUT2D eigenvalue weighted by atomic mass is 10.0. The van der Waals surface area contributed by atoms with Gasteiger partial charge in [0, 0.05) is 50.7 Å². The van der Waals surface area contributed by atoms with Crippen molar-refractivity contribution in [1.29, 1.82) is 0 Å². The molecule has 0 aliphatic carbocycles. The van der Waals surface area contributed by atoms with E-state index in [2.05, 4.69) is 123 Å². The van der Waals surface area contributed by atoms with Gasteiger partial charge in [0.1, 0.15) is 5.58 Å². The summed E-state index contributed by atoms with van der Waals surface area (Å²) in [5.41, 5.74) is 8.55. The number of aromatic nitrogens is 3. The Morgan fingerprint density at radius 3 is 1.72 bits per heavy atom. The van der Waals surface area contributed by atoms with E-state index in [0.29, 0.717) is 0 Å². The van der Waals surface area contributed by atoms with Crippen LogP contribution in [0.25, 0.3) is 76.9 Å². The van der Waals surface area contributed by atoms with Crippen molar-refractivity contribution in [3.63, 3.8) is 0 Å². The summed E-state index contributed by atoms with van der Waals surface area (Å²) in [6.07, 6.45) is 3.72. The maximum absolute atomic E-state index is 6.81. The Balaban J connectivity index is 1.69.